The first-order valence-corrected chi connectivity index (χ1v) is 5.74. The Labute approximate surface area is 105 Å². The molecule has 0 fully saturated rings. The Morgan fingerprint density at radius 2 is 2.18 bits per heavy atom. The van der Waals surface area contributed by atoms with E-state index in [1.165, 1.54) is 6.07 Å². The van der Waals surface area contributed by atoms with Crippen LogP contribution in [0.1, 0.15) is 19.0 Å². The summed E-state index contributed by atoms with van der Waals surface area (Å²) in [5, 5.41) is 2.46. The highest BCUT2D eigenvalue weighted by Gasteiger charge is 2.32. The highest BCUT2D eigenvalue weighted by molar-refractivity contribution is 9.10. The van der Waals surface area contributed by atoms with Gasteiger partial charge >= 0.3 is 6.18 Å². The zero-order chi connectivity index (χ0) is 13.1. The molecule has 0 saturated carbocycles. The van der Waals surface area contributed by atoms with Crippen LogP contribution in [-0.2, 0) is 11.0 Å². The summed E-state index contributed by atoms with van der Waals surface area (Å²) in [6.07, 6.45) is -2.90. The van der Waals surface area contributed by atoms with Gasteiger partial charge in [0.15, 0.2) is 0 Å². The number of nitrogens with zero attached hydrogens (tertiary/aromatic N) is 1. The molecule has 1 aromatic rings. The first kappa shape index (κ1) is 14.0. The van der Waals surface area contributed by atoms with Gasteiger partial charge in [-0.2, -0.15) is 13.2 Å². The predicted molar refractivity (Wildman–Crippen MR) is 60.9 cm³/mol. The van der Waals surface area contributed by atoms with E-state index in [-0.39, 0.29) is 16.4 Å². The van der Waals surface area contributed by atoms with Crippen molar-refractivity contribution in [2.75, 3.05) is 5.32 Å². The Morgan fingerprint density at radius 3 is 2.59 bits per heavy atom. The third kappa shape index (κ3) is 3.99. The van der Waals surface area contributed by atoms with E-state index in [1.54, 1.807) is 0 Å². The maximum Gasteiger partial charge on any atom is 0.433 e. The molecule has 1 aromatic heterocycles. The van der Waals surface area contributed by atoms with E-state index >= 15 is 0 Å². The molecule has 0 radical (unpaired) electrons. The minimum absolute atomic E-state index is 0.237. The summed E-state index contributed by atoms with van der Waals surface area (Å²) in [7, 11) is 0. The Balaban J connectivity index is 2.73. The maximum atomic E-state index is 12.2. The molecule has 0 spiro atoms. The molecule has 1 atom stereocenters. The Morgan fingerprint density at radius 1 is 1.53 bits per heavy atom. The van der Waals surface area contributed by atoms with Crippen molar-refractivity contribution in [3.8, 4) is 0 Å². The molecular weight excluding hydrogens is 301 g/mol. The van der Waals surface area contributed by atoms with Crippen LogP contribution in [0.2, 0.25) is 0 Å². The topological polar surface area (TPSA) is 42.0 Å². The molecule has 0 aromatic carbocycles. The zero-order valence-electron chi connectivity index (χ0n) is 8.88. The SMILES string of the molecule is CCC(Br)C(=O)Nc1ccc(C(F)(F)F)nc1. The van der Waals surface area contributed by atoms with Crippen molar-refractivity contribution in [3.05, 3.63) is 24.0 Å². The van der Waals surface area contributed by atoms with Crippen LogP contribution >= 0.6 is 15.9 Å². The molecule has 7 heteroatoms. The molecule has 0 saturated heterocycles. The fourth-order valence-corrected chi connectivity index (χ4v) is 1.16. The third-order valence-electron chi connectivity index (χ3n) is 1.96. The average Bonchev–Trinajstić information content (AvgIpc) is 2.27. The van der Waals surface area contributed by atoms with Crippen molar-refractivity contribution in [2.45, 2.75) is 24.3 Å². The van der Waals surface area contributed by atoms with Crippen LogP contribution in [0, 0.1) is 0 Å². The molecule has 17 heavy (non-hydrogen) atoms. The van der Waals surface area contributed by atoms with E-state index in [4.69, 9.17) is 0 Å². The lowest BCUT2D eigenvalue weighted by Gasteiger charge is -2.09. The van der Waals surface area contributed by atoms with Gasteiger partial charge in [-0.15, -0.1) is 0 Å². The summed E-state index contributed by atoms with van der Waals surface area (Å²) in [6.45, 7) is 1.81. The van der Waals surface area contributed by atoms with Crippen LogP contribution in [0.3, 0.4) is 0 Å². The van der Waals surface area contributed by atoms with Crippen LogP contribution in [0.15, 0.2) is 18.3 Å². The van der Waals surface area contributed by atoms with Crippen molar-refractivity contribution < 1.29 is 18.0 Å². The molecule has 1 unspecified atom stereocenters. The quantitative estimate of drug-likeness (QED) is 0.871. The lowest BCUT2D eigenvalue weighted by molar-refractivity contribution is -0.141. The number of anilines is 1. The first-order valence-electron chi connectivity index (χ1n) is 4.82. The molecule has 94 valence electrons. The van der Waals surface area contributed by atoms with E-state index < -0.39 is 11.9 Å². The normalized spacial score (nSPS) is 13.2. The molecular formula is C10H10BrF3N2O. The fourth-order valence-electron chi connectivity index (χ4n) is 1.04. The second-order valence-electron chi connectivity index (χ2n) is 3.29. The first-order chi connectivity index (χ1) is 7.84. The molecule has 0 bridgehead atoms. The second kappa shape index (κ2) is 5.48. The molecule has 0 aliphatic rings. The number of pyridine rings is 1. The van der Waals surface area contributed by atoms with Crippen LogP contribution in [-0.4, -0.2) is 15.7 Å². The number of carbonyl (C=O) groups excluding carboxylic acids is 1. The largest absolute Gasteiger partial charge is 0.433 e. The standard InChI is InChI=1S/C10H10BrF3N2O/c1-2-7(11)9(17)16-6-3-4-8(15-5-6)10(12,13)14/h3-5,7H,2H2,1H3,(H,16,17). The molecule has 0 aliphatic heterocycles. The van der Waals surface area contributed by atoms with Gasteiger partial charge < -0.3 is 5.32 Å². The van der Waals surface area contributed by atoms with Crippen LogP contribution in [0.4, 0.5) is 18.9 Å². The highest BCUT2D eigenvalue weighted by Crippen LogP contribution is 2.27. The monoisotopic (exact) mass is 310 g/mol. The smallest absolute Gasteiger partial charge is 0.324 e. The van der Waals surface area contributed by atoms with Gasteiger partial charge in [-0.25, -0.2) is 4.98 Å². The molecule has 0 aliphatic carbocycles. The Hall–Kier alpha value is -1.11. The van der Waals surface area contributed by atoms with Gasteiger partial charge in [-0.1, -0.05) is 22.9 Å². The van der Waals surface area contributed by atoms with Gasteiger partial charge in [0.1, 0.15) is 5.69 Å². The van der Waals surface area contributed by atoms with E-state index in [1.807, 2.05) is 6.92 Å². The fraction of sp³-hybridized carbons (Fsp3) is 0.400. The van der Waals surface area contributed by atoms with E-state index in [0.717, 1.165) is 12.3 Å². The number of hydrogen-bond acceptors (Lipinski definition) is 2. The predicted octanol–water partition coefficient (Wildman–Crippen LogP) is 3.21. The minimum Gasteiger partial charge on any atom is -0.324 e. The molecule has 1 rings (SSSR count). The summed E-state index contributed by atoms with van der Waals surface area (Å²) in [6, 6.07) is 1.99. The average molecular weight is 311 g/mol. The van der Waals surface area contributed by atoms with Gasteiger partial charge in [-0.05, 0) is 18.6 Å². The molecule has 1 amide bonds. The lowest BCUT2D eigenvalue weighted by atomic mass is 10.3. The summed E-state index contributed by atoms with van der Waals surface area (Å²) >= 11 is 3.13. The number of amides is 1. The van der Waals surface area contributed by atoms with Gasteiger partial charge in [0, 0.05) is 0 Å². The summed E-state index contributed by atoms with van der Waals surface area (Å²) < 4.78 is 36.6. The Bertz CT molecular complexity index is 392. The molecule has 3 nitrogen and oxygen atoms in total. The summed E-state index contributed by atoms with van der Waals surface area (Å²) in [4.78, 5) is 14.3. The third-order valence-corrected chi connectivity index (χ3v) is 3.03. The number of alkyl halides is 4. The van der Waals surface area contributed by atoms with Gasteiger partial charge in [0.05, 0.1) is 16.7 Å². The van der Waals surface area contributed by atoms with E-state index in [9.17, 15) is 18.0 Å². The van der Waals surface area contributed by atoms with Crippen molar-refractivity contribution in [1.29, 1.82) is 0 Å². The number of halogens is 4. The van der Waals surface area contributed by atoms with Crippen molar-refractivity contribution in [2.24, 2.45) is 0 Å². The number of carbonyl (C=O) groups is 1. The van der Waals surface area contributed by atoms with Gasteiger partial charge in [-0.3, -0.25) is 4.79 Å². The Kier molecular flexibility index (Phi) is 4.50. The van der Waals surface area contributed by atoms with Crippen molar-refractivity contribution in [3.63, 3.8) is 0 Å². The maximum absolute atomic E-state index is 12.2. The number of nitrogens with one attached hydrogen (secondary N) is 1. The zero-order valence-corrected chi connectivity index (χ0v) is 10.5. The van der Waals surface area contributed by atoms with Crippen molar-refractivity contribution in [1.82, 2.24) is 4.98 Å². The van der Waals surface area contributed by atoms with Gasteiger partial charge in [0.2, 0.25) is 5.91 Å². The lowest BCUT2D eigenvalue weighted by Crippen LogP contribution is -2.22. The van der Waals surface area contributed by atoms with Gasteiger partial charge in [0.25, 0.3) is 0 Å². The summed E-state index contributed by atoms with van der Waals surface area (Å²) in [5.74, 6) is -0.311. The molecule has 1 heterocycles. The van der Waals surface area contributed by atoms with Crippen LogP contribution in [0.5, 0.6) is 0 Å². The second-order valence-corrected chi connectivity index (χ2v) is 4.40. The summed E-state index contributed by atoms with van der Waals surface area (Å²) in [5.41, 5.74) is -0.748. The molecule has 1 N–H and O–H groups in total. The van der Waals surface area contributed by atoms with Crippen LogP contribution < -0.4 is 5.32 Å². The van der Waals surface area contributed by atoms with E-state index in [0.29, 0.717) is 6.42 Å². The number of hydrogen-bond donors (Lipinski definition) is 1. The van der Waals surface area contributed by atoms with E-state index in [2.05, 4.69) is 26.2 Å². The minimum atomic E-state index is -4.47. The number of aromatic nitrogens is 1. The highest BCUT2D eigenvalue weighted by atomic mass is 79.9. The number of rotatable bonds is 3. The van der Waals surface area contributed by atoms with Crippen molar-refractivity contribution >= 4 is 27.5 Å². The van der Waals surface area contributed by atoms with Crippen LogP contribution in [0.25, 0.3) is 0 Å².